The maximum Gasteiger partial charge on any atom is 0.238 e. The molecule has 0 saturated heterocycles. The van der Waals surface area contributed by atoms with Crippen LogP contribution in [0.3, 0.4) is 0 Å². The molecule has 0 fully saturated rings. The van der Waals surface area contributed by atoms with Gasteiger partial charge in [0.15, 0.2) is 0 Å². The van der Waals surface area contributed by atoms with E-state index in [0.29, 0.717) is 10.7 Å². The van der Waals surface area contributed by atoms with Crippen molar-refractivity contribution >= 4 is 23.2 Å². The molecular formula is C23H23ClN2O. The van der Waals surface area contributed by atoms with Crippen molar-refractivity contribution in [3.05, 3.63) is 101 Å². The fraction of sp³-hybridized carbons (Fsp3) is 0.174. The molecule has 3 rings (SSSR count). The van der Waals surface area contributed by atoms with Crippen LogP contribution in [0.5, 0.6) is 0 Å². The summed E-state index contributed by atoms with van der Waals surface area (Å²) in [7, 11) is 0. The van der Waals surface area contributed by atoms with Gasteiger partial charge in [0, 0.05) is 6.04 Å². The van der Waals surface area contributed by atoms with E-state index in [1.54, 1.807) is 0 Å². The average molecular weight is 379 g/mol. The third-order valence-electron chi connectivity index (χ3n) is 4.39. The molecule has 1 unspecified atom stereocenters. The Bertz CT molecular complexity index is 881. The molecule has 1 atom stereocenters. The van der Waals surface area contributed by atoms with Gasteiger partial charge in [0.05, 0.1) is 17.3 Å². The van der Waals surface area contributed by atoms with E-state index in [9.17, 15) is 4.79 Å². The molecule has 0 aliphatic carbocycles. The third kappa shape index (κ3) is 5.68. The lowest BCUT2D eigenvalue weighted by Crippen LogP contribution is -2.32. The highest BCUT2D eigenvalue weighted by Crippen LogP contribution is 2.23. The number of benzene rings is 3. The minimum Gasteiger partial charge on any atom is -0.324 e. The fourth-order valence-corrected chi connectivity index (χ4v) is 3.26. The number of hydrogen-bond acceptors (Lipinski definition) is 2. The second-order valence-corrected chi connectivity index (χ2v) is 6.97. The van der Waals surface area contributed by atoms with Crippen LogP contribution in [0.25, 0.3) is 0 Å². The maximum absolute atomic E-state index is 12.4. The van der Waals surface area contributed by atoms with Crippen LogP contribution >= 0.6 is 11.6 Å². The van der Waals surface area contributed by atoms with Gasteiger partial charge in [-0.2, -0.15) is 0 Å². The van der Waals surface area contributed by atoms with Gasteiger partial charge in [-0.05, 0) is 42.2 Å². The molecule has 0 spiro atoms. The highest BCUT2D eigenvalue weighted by molar-refractivity contribution is 6.33. The first-order chi connectivity index (χ1) is 13.1. The first-order valence-electron chi connectivity index (χ1n) is 9.00. The molecule has 27 heavy (non-hydrogen) atoms. The zero-order valence-electron chi connectivity index (χ0n) is 15.3. The van der Waals surface area contributed by atoms with Crippen molar-refractivity contribution in [3.63, 3.8) is 0 Å². The van der Waals surface area contributed by atoms with Crippen LogP contribution in [0.1, 0.15) is 22.7 Å². The van der Waals surface area contributed by atoms with Crippen molar-refractivity contribution in [2.75, 3.05) is 11.9 Å². The van der Waals surface area contributed by atoms with E-state index in [0.717, 1.165) is 17.5 Å². The second kappa shape index (κ2) is 9.36. The van der Waals surface area contributed by atoms with Crippen molar-refractivity contribution in [1.29, 1.82) is 0 Å². The van der Waals surface area contributed by atoms with E-state index in [1.807, 2.05) is 61.5 Å². The molecule has 1 amide bonds. The molecule has 0 saturated carbocycles. The molecule has 0 aromatic heterocycles. The summed E-state index contributed by atoms with van der Waals surface area (Å²) in [4.78, 5) is 12.4. The van der Waals surface area contributed by atoms with E-state index in [1.165, 1.54) is 5.56 Å². The SMILES string of the molecule is Cc1ccc(NC(=O)CNC(Cc2ccccc2)c2ccccc2)c(Cl)c1. The molecule has 0 bridgehead atoms. The van der Waals surface area contributed by atoms with Crippen LogP contribution in [0, 0.1) is 6.92 Å². The summed E-state index contributed by atoms with van der Waals surface area (Å²) >= 11 is 6.20. The van der Waals surface area contributed by atoms with Crippen LogP contribution < -0.4 is 10.6 Å². The molecule has 138 valence electrons. The molecule has 0 heterocycles. The largest absolute Gasteiger partial charge is 0.324 e. The lowest BCUT2D eigenvalue weighted by Gasteiger charge is -2.19. The molecule has 2 N–H and O–H groups in total. The Morgan fingerprint density at radius 2 is 1.63 bits per heavy atom. The molecule has 0 radical (unpaired) electrons. The Labute approximate surface area is 165 Å². The summed E-state index contributed by atoms with van der Waals surface area (Å²) < 4.78 is 0. The average Bonchev–Trinajstić information content (AvgIpc) is 2.69. The Morgan fingerprint density at radius 3 is 2.30 bits per heavy atom. The first-order valence-corrected chi connectivity index (χ1v) is 9.38. The predicted molar refractivity (Wildman–Crippen MR) is 112 cm³/mol. The number of carbonyl (C=O) groups is 1. The zero-order chi connectivity index (χ0) is 19.1. The molecular weight excluding hydrogens is 356 g/mol. The van der Waals surface area contributed by atoms with Crippen LogP contribution in [-0.2, 0) is 11.2 Å². The van der Waals surface area contributed by atoms with Gasteiger partial charge in [-0.3, -0.25) is 4.79 Å². The number of hydrogen-bond donors (Lipinski definition) is 2. The van der Waals surface area contributed by atoms with Crippen LogP contribution in [0.4, 0.5) is 5.69 Å². The van der Waals surface area contributed by atoms with E-state index in [2.05, 4.69) is 34.9 Å². The third-order valence-corrected chi connectivity index (χ3v) is 4.70. The Hall–Kier alpha value is -2.62. The summed E-state index contributed by atoms with van der Waals surface area (Å²) in [5, 5.41) is 6.80. The molecule has 0 aliphatic heterocycles. The van der Waals surface area contributed by atoms with Gasteiger partial charge in [0.1, 0.15) is 0 Å². The van der Waals surface area contributed by atoms with Gasteiger partial charge in [0.2, 0.25) is 5.91 Å². The summed E-state index contributed by atoms with van der Waals surface area (Å²) in [5.74, 6) is -0.116. The van der Waals surface area contributed by atoms with Gasteiger partial charge >= 0.3 is 0 Å². The van der Waals surface area contributed by atoms with Gasteiger partial charge in [-0.1, -0.05) is 78.3 Å². The van der Waals surface area contributed by atoms with Gasteiger partial charge in [-0.15, -0.1) is 0 Å². The number of anilines is 1. The van der Waals surface area contributed by atoms with Crippen molar-refractivity contribution in [2.24, 2.45) is 0 Å². The predicted octanol–water partition coefficient (Wildman–Crippen LogP) is 5.16. The number of nitrogens with one attached hydrogen (secondary N) is 2. The second-order valence-electron chi connectivity index (χ2n) is 6.57. The normalized spacial score (nSPS) is 11.8. The topological polar surface area (TPSA) is 41.1 Å². The summed E-state index contributed by atoms with van der Waals surface area (Å²) in [6, 6.07) is 26.1. The van der Waals surface area contributed by atoms with Crippen molar-refractivity contribution in [1.82, 2.24) is 5.32 Å². The number of carbonyl (C=O) groups excluding carboxylic acids is 1. The Balaban J connectivity index is 1.66. The highest BCUT2D eigenvalue weighted by Gasteiger charge is 2.14. The minimum absolute atomic E-state index is 0.0489. The number of rotatable bonds is 7. The van der Waals surface area contributed by atoms with Crippen molar-refractivity contribution in [3.8, 4) is 0 Å². The van der Waals surface area contributed by atoms with Gasteiger partial charge in [0.25, 0.3) is 0 Å². The first kappa shape index (κ1) is 19.2. The van der Waals surface area contributed by atoms with Crippen LogP contribution in [0.2, 0.25) is 5.02 Å². The van der Waals surface area contributed by atoms with Crippen LogP contribution in [-0.4, -0.2) is 12.5 Å². The fourth-order valence-electron chi connectivity index (χ4n) is 2.97. The Kier molecular flexibility index (Phi) is 6.64. The van der Waals surface area contributed by atoms with Crippen molar-refractivity contribution in [2.45, 2.75) is 19.4 Å². The lowest BCUT2D eigenvalue weighted by atomic mass is 9.99. The number of amides is 1. The van der Waals surface area contributed by atoms with E-state index in [4.69, 9.17) is 11.6 Å². The van der Waals surface area contributed by atoms with Gasteiger partial charge < -0.3 is 10.6 Å². The number of aryl methyl sites for hydroxylation is 1. The number of halogens is 1. The quantitative estimate of drug-likeness (QED) is 0.596. The molecule has 3 aromatic rings. The molecule has 3 nitrogen and oxygen atoms in total. The maximum atomic E-state index is 12.4. The minimum atomic E-state index is -0.116. The standard InChI is InChI=1S/C23H23ClN2O/c1-17-12-13-21(20(24)14-17)26-23(27)16-25-22(19-10-6-3-7-11-19)15-18-8-4-2-5-9-18/h2-14,22,25H,15-16H2,1H3,(H,26,27). The highest BCUT2D eigenvalue weighted by atomic mass is 35.5. The molecule has 4 heteroatoms. The molecule has 0 aliphatic rings. The van der Waals surface area contributed by atoms with E-state index < -0.39 is 0 Å². The van der Waals surface area contributed by atoms with E-state index in [-0.39, 0.29) is 18.5 Å². The summed E-state index contributed by atoms with van der Waals surface area (Å²) in [6.45, 7) is 2.17. The Morgan fingerprint density at radius 1 is 0.963 bits per heavy atom. The van der Waals surface area contributed by atoms with Crippen LogP contribution in [0.15, 0.2) is 78.9 Å². The lowest BCUT2D eigenvalue weighted by molar-refractivity contribution is -0.115. The smallest absolute Gasteiger partial charge is 0.238 e. The van der Waals surface area contributed by atoms with Gasteiger partial charge in [-0.25, -0.2) is 0 Å². The zero-order valence-corrected chi connectivity index (χ0v) is 16.0. The van der Waals surface area contributed by atoms with Crippen molar-refractivity contribution < 1.29 is 4.79 Å². The summed E-state index contributed by atoms with van der Waals surface area (Å²) in [6.07, 6.45) is 0.809. The summed E-state index contributed by atoms with van der Waals surface area (Å²) in [5.41, 5.74) is 4.07. The van der Waals surface area contributed by atoms with E-state index >= 15 is 0 Å². The molecule has 3 aromatic carbocycles. The monoisotopic (exact) mass is 378 g/mol.